The van der Waals surface area contributed by atoms with Gasteiger partial charge in [-0.2, -0.15) is 0 Å². The Balaban J connectivity index is 1.67. The second kappa shape index (κ2) is 6.09. The van der Waals surface area contributed by atoms with E-state index >= 15 is 0 Å². The van der Waals surface area contributed by atoms with Gasteiger partial charge in [-0.15, -0.1) is 0 Å². The van der Waals surface area contributed by atoms with E-state index < -0.39 is 0 Å². The molecule has 0 unspecified atom stereocenters. The Morgan fingerprint density at radius 1 is 1.25 bits per heavy atom. The highest BCUT2D eigenvalue weighted by molar-refractivity contribution is 6.28. The first kappa shape index (κ1) is 13.2. The zero-order chi connectivity index (χ0) is 13.8. The van der Waals surface area contributed by atoms with Crippen molar-refractivity contribution in [2.75, 3.05) is 18.1 Å². The largest absolute Gasteiger partial charge is 0.491 e. The topological polar surface area (TPSA) is 38.2 Å². The number of para-hydroxylation sites is 1. The minimum atomic E-state index is 0.289. The number of hydrogen-bond acceptors (Lipinski definition) is 4. The van der Waals surface area contributed by atoms with E-state index in [4.69, 9.17) is 16.3 Å². The van der Waals surface area contributed by atoms with Crippen LogP contribution in [0.3, 0.4) is 0 Å². The molecule has 0 aliphatic carbocycles. The Kier molecular flexibility index (Phi) is 4.02. The first-order chi connectivity index (χ1) is 9.83. The van der Waals surface area contributed by atoms with Crippen molar-refractivity contribution >= 4 is 17.4 Å². The minimum Gasteiger partial charge on any atom is -0.491 e. The van der Waals surface area contributed by atoms with Crippen molar-refractivity contribution < 1.29 is 4.74 Å². The van der Waals surface area contributed by atoms with Gasteiger partial charge in [0.05, 0.1) is 6.04 Å². The summed E-state index contributed by atoms with van der Waals surface area (Å²) < 4.78 is 5.85. The van der Waals surface area contributed by atoms with Gasteiger partial charge in [0.15, 0.2) is 0 Å². The monoisotopic (exact) mass is 289 g/mol. The van der Waals surface area contributed by atoms with E-state index in [9.17, 15) is 0 Å². The number of benzene rings is 1. The molecule has 1 fully saturated rings. The van der Waals surface area contributed by atoms with Crippen molar-refractivity contribution in [3.63, 3.8) is 0 Å². The first-order valence-electron chi connectivity index (χ1n) is 6.76. The van der Waals surface area contributed by atoms with Gasteiger partial charge in [0.2, 0.25) is 5.28 Å². The predicted octanol–water partition coefficient (Wildman–Crippen LogP) is 3.18. The van der Waals surface area contributed by atoms with Crippen LogP contribution in [0.25, 0.3) is 0 Å². The fourth-order valence-corrected chi connectivity index (χ4v) is 2.65. The third-order valence-electron chi connectivity index (χ3n) is 3.47. The number of aromatic nitrogens is 2. The molecule has 0 saturated carbocycles. The maximum absolute atomic E-state index is 5.86. The summed E-state index contributed by atoms with van der Waals surface area (Å²) in [6.45, 7) is 1.64. The Morgan fingerprint density at radius 3 is 2.90 bits per heavy atom. The van der Waals surface area contributed by atoms with Crippen molar-refractivity contribution in [1.29, 1.82) is 0 Å². The molecule has 0 N–H and O–H groups in total. The van der Waals surface area contributed by atoms with Gasteiger partial charge < -0.3 is 9.64 Å². The summed E-state index contributed by atoms with van der Waals surface area (Å²) in [5.41, 5.74) is 0. The van der Waals surface area contributed by atoms with Crippen LogP contribution in [0.15, 0.2) is 42.6 Å². The van der Waals surface area contributed by atoms with Crippen molar-refractivity contribution in [3.8, 4) is 5.75 Å². The van der Waals surface area contributed by atoms with Gasteiger partial charge in [-0.25, -0.2) is 9.97 Å². The van der Waals surface area contributed by atoms with Crippen LogP contribution in [-0.2, 0) is 0 Å². The van der Waals surface area contributed by atoms with Gasteiger partial charge in [-0.1, -0.05) is 18.2 Å². The van der Waals surface area contributed by atoms with Gasteiger partial charge in [0.1, 0.15) is 18.2 Å². The lowest BCUT2D eigenvalue weighted by Gasteiger charge is -2.25. The van der Waals surface area contributed by atoms with Crippen molar-refractivity contribution in [1.82, 2.24) is 9.97 Å². The van der Waals surface area contributed by atoms with Crippen LogP contribution in [0.1, 0.15) is 12.8 Å². The summed E-state index contributed by atoms with van der Waals surface area (Å²) in [5.74, 6) is 1.78. The number of nitrogens with zero attached hydrogens (tertiary/aromatic N) is 3. The molecule has 1 atom stereocenters. The van der Waals surface area contributed by atoms with Crippen molar-refractivity contribution in [2.45, 2.75) is 18.9 Å². The van der Waals surface area contributed by atoms with Crippen LogP contribution in [0.4, 0.5) is 5.82 Å². The third kappa shape index (κ3) is 3.02. The number of rotatable bonds is 4. The van der Waals surface area contributed by atoms with E-state index in [1.165, 1.54) is 0 Å². The highest BCUT2D eigenvalue weighted by atomic mass is 35.5. The lowest BCUT2D eigenvalue weighted by Crippen LogP contribution is -2.34. The lowest BCUT2D eigenvalue weighted by molar-refractivity contribution is 0.288. The molecule has 5 heteroatoms. The zero-order valence-corrected chi connectivity index (χ0v) is 11.8. The molecule has 20 heavy (non-hydrogen) atoms. The highest BCUT2D eigenvalue weighted by Crippen LogP contribution is 2.25. The van der Waals surface area contributed by atoms with Crippen molar-refractivity contribution in [2.24, 2.45) is 0 Å². The predicted molar refractivity (Wildman–Crippen MR) is 79.3 cm³/mol. The van der Waals surface area contributed by atoms with Crippen LogP contribution in [-0.4, -0.2) is 29.2 Å². The second-order valence-corrected chi connectivity index (χ2v) is 5.14. The van der Waals surface area contributed by atoms with E-state index in [2.05, 4.69) is 14.9 Å². The fourth-order valence-electron chi connectivity index (χ4n) is 2.51. The molecule has 0 radical (unpaired) electrons. The Morgan fingerprint density at radius 2 is 2.10 bits per heavy atom. The second-order valence-electron chi connectivity index (χ2n) is 4.80. The van der Waals surface area contributed by atoms with Crippen LogP contribution >= 0.6 is 11.6 Å². The molecule has 2 heterocycles. The molecular weight excluding hydrogens is 274 g/mol. The first-order valence-corrected chi connectivity index (χ1v) is 7.14. The molecule has 3 rings (SSSR count). The molecule has 104 valence electrons. The van der Waals surface area contributed by atoms with Gasteiger partial charge in [0.25, 0.3) is 0 Å². The molecule has 1 aromatic heterocycles. The van der Waals surface area contributed by atoms with Crippen LogP contribution in [0, 0.1) is 0 Å². The summed E-state index contributed by atoms with van der Waals surface area (Å²) in [7, 11) is 0. The zero-order valence-electron chi connectivity index (χ0n) is 11.1. The summed E-state index contributed by atoms with van der Waals surface area (Å²) in [6.07, 6.45) is 3.94. The SMILES string of the molecule is Clc1nccc(N2CCC[C@@H]2COc2ccccc2)n1. The average molecular weight is 290 g/mol. The van der Waals surface area contributed by atoms with E-state index in [1.807, 2.05) is 36.4 Å². The third-order valence-corrected chi connectivity index (χ3v) is 3.65. The Hall–Kier alpha value is -1.81. The highest BCUT2D eigenvalue weighted by Gasteiger charge is 2.26. The molecule has 2 aromatic rings. The van der Waals surface area contributed by atoms with Gasteiger partial charge in [-0.05, 0) is 42.6 Å². The Labute approximate surface area is 123 Å². The lowest BCUT2D eigenvalue weighted by atomic mass is 10.2. The molecule has 1 aliphatic rings. The maximum Gasteiger partial charge on any atom is 0.224 e. The van der Waals surface area contributed by atoms with Gasteiger partial charge in [0, 0.05) is 12.7 Å². The number of ether oxygens (including phenoxy) is 1. The molecule has 1 saturated heterocycles. The number of halogens is 1. The summed E-state index contributed by atoms with van der Waals surface area (Å²) in [4.78, 5) is 10.5. The summed E-state index contributed by atoms with van der Waals surface area (Å²) >= 11 is 5.86. The molecule has 0 bridgehead atoms. The molecule has 0 amide bonds. The molecule has 1 aromatic carbocycles. The molecule has 1 aliphatic heterocycles. The smallest absolute Gasteiger partial charge is 0.224 e. The van der Waals surface area contributed by atoms with E-state index in [0.29, 0.717) is 12.6 Å². The Bertz CT molecular complexity index is 564. The fraction of sp³-hybridized carbons (Fsp3) is 0.333. The quantitative estimate of drug-likeness (QED) is 0.810. The van der Waals surface area contributed by atoms with Crippen molar-refractivity contribution in [3.05, 3.63) is 47.9 Å². The van der Waals surface area contributed by atoms with Crippen LogP contribution in [0.2, 0.25) is 5.28 Å². The van der Waals surface area contributed by atoms with E-state index in [-0.39, 0.29) is 5.28 Å². The molecule has 4 nitrogen and oxygen atoms in total. The number of hydrogen-bond donors (Lipinski definition) is 0. The van der Waals surface area contributed by atoms with Crippen LogP contribution in [0.5, 0.6) is 5.75 Å². The summed E-state index contributed by atoms with van der Waals surface area (Å²) in [6, 6.07) is 12.1. The standard InChI is InChI=1S/C15H16ClN3O/c16-15-17-9-8-14(18-15)19-10-4-5-12(19)11-20-13-6-2-1-3-7-13/h1-3,6-9,12H,4-5,10-11H2/t12-/m1/s1. The summed E-state index contributed by atoms with van der Waals surface area (Å²) in [5, 5.41) is 0.289. The molecule has 0 spiro atoms. The van der Waals surface area contributed by atoms with Gasteiger partial charge >= 0.3 is 0 Å². The average Bonchev–Trinajstić information content (AvgIpc) is 2.95. The number of anilines is 1. The van der Waals surface area contributed by atoms with E-state index in [1.54, 1.807) is 6.20 Å². The van der Waals surface area contributed by atoms with Crippen LogP contribution < -0.4 is 9.64 Å². The van der Waals surface area contributed by atoms with Gasteiger partial charge in [-0.3, -0.25) is 0 Å². The minimum absolute atomic E-state index is 0.289. The maximum atomic E-state index is 5.86. The molecular formula is C15H16ClN3O. The van der Waals surface area contributed by atoms with E-state index in [0.717, 1.165) is 31.0 Å². The normalized spacial score (nSPS) is 18.2.